The zero-order valence-corrected chi connectivity index (χ0v) is 17.6. The molecule has 0 unspecified atom stereocenters. The van der Waals surface area contributed by atoms with Crippen molar-refractivity contribution in [2.24, 2.45) is 0 Å². The van der Waals surface area contributed by atoms with Crippen molar-refractivity contribution in [3.63, 3.8) is 0 Å². The number of likely N-dealkylation sites (tertiary alicyclic amines) is 1. The van der Waals surface area contributed by atoms with Crippen LogP contribution in [-0.4, -0.2) is 77.9 Å². The fourth-order valence-corrected chi connectivity index (χ4v) is 4.14. The molecule has 2 aliphatic rings. The number of non-ortho nitro benzene ring substituents is 1. The number of amides is 1. The van der Waals surface area contributed by atoms with Gasteiger partial charge in [-0.1, -0.05) is 18.2 Å². The van der Waals surface area contributed by atoms with E-state index < -0.39 is 4.92 Å². The first-order chi connectivity index (χ1) is 15.1. The van der Waals surface area contributed by atoms with Gasteiger partial charge in [-0.05, 0) is 44.1 Å². The summed E-state index contributed by atoms with van der Waals surface area (Å²) >= 11 is 0. The largest absolute Gasteiger partial charge is 0.457 e. The van der Waals surface area contributed by atoms with Crippen molar-refractivity contribution in [3.8, 4) is 11.5 Å². The quantitative estimate of drug-likeness (QED) is 0.502. The Morgan fingerprint density at radius 3 is 2.19 bits per heavy atom. The summed E-state index contributed by atoms with van der Waals surface area (Å²) in [6, 6.07) is 13.3. The van der Waals surface area contributed by atoms with Crippen LogP contribution in [0.25, 0.3) is 0 Å². The number of para-hydroxylation sites is 1. The lowest BCUT2D eigenvalue weighted by molar-refractivity contribution is -0.384. The van der Waals surface area contributed by atoms with Gasteiger partial charge in [0.2, 0.25) is 0 Å². The van der Waals surface area contributed by atoms with Crippen LogP contribution in [-0.2, 0) is 0 Å². The molecule has 0 N–H and O–H groups in total. The summed E-state index contributed by atoms with van der Waals surface area (Å²) in [5, 5.41) is 11.3. The minimum absolute atomic E-state index is 0.118. The fourth-order valence-electron chi connectivity index (χ4n) is 4.14. The van der Waals surface area contributed by atoms with Gasteiger partial charge in [0.15, 0.2) is 0 Å². The molecule has 1 amide bonds. The van der Waals surface area contributed by atoms with E-state index in [1.807, 2.05) is 18.2 Å². The molecule has 31 heavy (non-hydrogen) atoms. The predicted octanol–water partition coefficient (Wildman–Crippen LogP) is 3.24. The Kier molecular flexibility index (Phi) is 6.79. The Balaban J connectivity index is 1.43. The van der Waals surface area contributed by atoms with Crippen LogP contribution in [0.2, 0.25) is 0 Å². The third-order valence-corrected chi connectivity index (χ3v) is 5.97. The number of nitrogens with zero attached hydrogens (tertiary/aromatic N) is 4. The molecule has 0 spiro atoms. The van der Waals surface area contributed by atoms with Crippen molar-refractivity contribution in [2.45, 2.75) is 12.8 Å². The lowest BCUT2D eigenvalue weighted by Crippen LogP contribution is -2.50. The van der Waals surface area contributed by atoms with Gasteiger partial charge in [-0.25, -0.2) is 0 Å². The van der Waals surface area contributed by atoms with Gasteiger partial charge in [0.25, 0.3) is 11.6 Å². The molecule has 0 aromatic heterocycles. The maximum Gasteiger partial charge on any atom is 0.270 e. The van der Waals surface area contributed by atoms with Gasteiger partial charge < -0.3 is 14.5 Å². The molecular weight excluding hydrogens is 396 g/mol. The second-order valence-corrected chi connectivity index (χ2v) is 8.04. The number of piperazine rings is 1. The van der Waals surface area contributed by atoms with Crippen LogP contribution in [0.4, 0.5) is 5.69 Å². The molecule has 2 fully saturated rings. The molecule has 8 heteroatoms. The minimum Gasteiger partial charge on any atom is -0.457 e. The molecule has 2 aromatic carbocycles. The highest BCUT2D eigenvalue weighted by Crippen LogP contribution is 2.30. The first-order valence-corrected chi connectivity index (χ1v) is 10.9. The summed E-state index contributed by atoms with van der Waals surface area (Å²) in [4.78, 5) is 30.7. The molecular formula is C23H28N4O4. The zero-order valence-electron chi connectivity index (χ0n) is 17.6. The van der Waals surface area contributed by atoms with Crippen LogP contribution < -0.4 is 4.74 Å². The number of hydrogen-bond acceptors (Lipinski definition) is 6. The van der Waals surface area contributed by atoms with Gasteiger partial charge in [-0.2, -0.15) is 0 Å². The van der Waals surface area contributed by atoms with Crippen molar-refractivity contribution in [1.82, 2.24) is 14.7 Å². The highest BCUT2D eigenvalue weighted by atomic mass is 16.6. The third-order valence-electron chi connectivity index (χ3n) is 5.97. The topological polar surface area (TPSA) is 79.2 Å². The van der Waals surface area contributed by atoms with Crippen LogP contribution in [0.5, 0.6) is 11.5 Å². The second-order valence-electron chi connectivity index (χ2n) is 8.04. The van der Waals surface area contributed by atoms with Crippen LogP contribution >= 0.6 is 0 Å². The summed E-state index contributed by atoms with van der Waals surface area (Å²) in [6.07, 6.45) is 2.58. The van der Waals surface area contributed by atoms with Crippen LogP contribution in [0.3, 0.4) is 0 Å². The van der Waals surface area contributed by atoms with E-state index in [1.54, 1.807) is 17.0 Å². The molecule has 0 aliphatic carbocycles. The maximum atomic E-state index is 13.3. The molecule has 4 rings (SSSR count). The Morgan fingerprint density at radius 1 is 0.903 bits per heavy atom. The van der Waals surface area contributed by atoms with Crippen molar-refractivity contribution >= 4 is 11.6 Å². The Labute approximate surface area is 182 Å². The molecule has 8 nitrogen and oxygen atoms in total. The number of carbonyl (C=O) groups excluding carboxylic acids is 1. The van der Waals surface area contributed by atoms with Crippen LogP contribution in [0.15, 0.2) is 48.5 Å². The molecule has 2 heterocycles. The SMILES string of the molecule is O=C(c1cc([N+](=O)[O-])ccc1Oc1ccccc1)N1CCN(CCN2CCCC2)CC1. The normalized spacial score (nSPS) is 17.6. The maximum absolute atomic E-state index is 13.3. The molecule has 0 saturated carbocycles. The van der Waals surface area contributed by atoms with Crippen molar-refractivity contribution in [1.29, 1.82) is 0 Å². The summed E-state index contributed by atoms with van der Waals surface area (Å²) in [5.74, 6) is 0.684. The van der Waals surface area contributed by atoms with E-state index in [1.165, 1.54) is 44.1 Å². The molecule has 164 valence electrons. The summed E-state index contributed by atoms with van der Waals surface area (Å²) in [7, 11) is 0. The number of nitro groups is 1. The summed E-state index contributed by atoms with van der Waals surface area (Å²) in [6.45, 7) is 7.30. The van der Waals surface area contributed by atoms with Gasteiger partial charge in [0, 0.05) is 51.4 Å². The number of ether oxygens (including phenoxy) is 1. The van der Waals surface area contributed by atoms with Gasteiger partial charge in [0.05, 0.1) is 10.5 Å². The molecule has 2 saturated heterocycles. The Morgan fingerprint density at radius 2 is 1.55 bits per heavy atom. The first kappa shape index (κ1) is 21.3. The number of benzene rings is 2. The van der Waals surface area contributed by atoms with Crippen molar-refractivity contribution < 1.29 is 14.5 Å². The van der Waals surface area contributed by atoms with E-state index in [2.05, 4.69) is 9.80 Å². The predicted molar refractivity (Wildman–Crippen MR) is 118 cm³/mol. The van der Waals surface area contributed by atoms with Gasteiger partial charge in [-0.3, -0.25) is 19.8 Å². The zero-order chi connectivity index (χ0) is 21.6. The van der Waals surface area contributed by atoms with Gasteiger partial charge >= 0.3 is 0 Å². The van der Waals surface area contributed by atoms with E-state index >= 15 is 0 Å². The van der Waals surface area contributed by atoms with Crippen LogP contribution in [0, 0.1) is 10.1 Å². The van der Waals surface area contributed by atoms with E-state index in [-0.39, 0.29) is 17.2 Å². The number of carbonyl (C=O) groups is 1. The van der Waals surface area contributed by atoms with Crippen molar-refractivity contribution in [2.75, 3.05) is 52.4 Å². The first-order valence-electron chi connectivity index (χ1n) is 10.9. The molecule has 0 atom stereocenters. The standard InChI is InChI=1S/C23H28N4O4/c28-23(26-16-14-25(15-17-26)13-12-24-10-4-5-11-24)21-18-19(27(29)30)8-9-22(21)31-20-6-2-1-3-7-20/h1-3,6-9,18H,4-5,10-17H2. The Bertz CT molecular complexity index is 907. The molecule has 0 radical (unpaired) electrons. The lowest BCUT2D eigenvalue weighted by Gasteiger charge is -2.35. The van der Waals surface area contributed by atoms with E-state index in [0.29, 0.717) is 24.6 Å². The summed E-state index contributed by atoms with van der Waals surface area (Å²) < 4.78 is 5.89. The lowest BCUT2D eigenvalue weighted by atomic mass is 10.1. The Hall–Kier alpha value is -2.97. The van der Waals surface area contributed by atoms with Crippen molar-refractivity contribution in [3.05, 3.63) is 64.2 Å². The van der Waals surface area contributed by atoms with E-state index in [9.17, 15) is 14.9 Å². The third kappa shape index (κ3) is 5.39. The molecule has 0 bridgehead atoms. The van der Waals surface area contributed by atoms with E-state index in [4.69, 9.17) is 4.74 Å². The monoisotopic (exact) mass is 424 g/mol. The average molecular weight is 425 g/mol. The highest BCUT2D eigenvalue weighted by Gasteiger charge is 2.26. The molecule has 2 aromatic rings. The van der Waals surface area contributed by atoms with Crippen LogP contribution in [0.1, 0.15) is 23.2 Å². The fraction of sp³-hybridized carbons (Fsp3) is 0.435. The smallest absolute Gasteiger partial charge is 0.270 e. The number of hydrogen-bond donors (Lipinski definition) is 0. The minimum atomic E-state index is -0.487. The van der Waals surface area contributed by atoms with E-state index in [0.717, 1.165) is 26.2 Å². The van der Waals surface area contributed by atoms with Gasteiger partial charge in [0.1, 0.15) is 11.5 Å². The molecule has 2 aliphatic heterocycles. The summed E-state index contributed by atoms with van der Waals surface area (Å²) in [5.41, 5.74) is 0.108. The van der Waals surface area contributed by atoms with Gasteiger partial charge in [-0.15, -0.1) is 0 Å². The average Bonchev–Trinajstić information content (AvgIpc) is 3.32. The second kappa shape index (κ2) is 9.89. The number of rotatable bonds is 7. The highest BCUT2D eigenvalue weighted by molar-refractivity contribution is 5.97. The number of nitro benzene ring substituents is 1.